The number of alkyl halides is 1. The van der Waals surface area contributed by atoms with Crippen LogP contribution in [0, 0.1) is 12.8 Å². The molecule has 21 heavy (non-hydrogen) atoms. The van der Waals surface area contributed by atoms with E-state index in [0.29, 0.717) is 11.8 Å². The van der Waals surface area contributed by atoms with Crippen LogP contribution in [0.1, 0.15) is 23.9 Å². The fraction of sp³-hybridized carbons (Fsp3) is 0.438. The Balaban J connectivity index is 2.14. The van der Waals surface area contributed by atoms with Crippen molar-refractivity contribution in [2.45, 2.75) is 33.2 Å². The maximum absolute atomic E-state index is 6.18. The second-order valence-corrected chi connectivity index (χ2v) is 6.75. The topological polar surface area (TPSA) is 17.8 Å². The highest BCUT2D eigenvalue weighted by Crippen LogP contribution is 2.26. The van der Waals surface area contributed by atoms with Gasteiger partial charge in [-0.25, -0.2) is 0 Å². The smallest absolute Gasteiger partial charge is 0.0738 e. The van der Waals surface area contributed by atoms with Crippen LogP contribution >= 0.6 is 39.1 Å². The van der Waals surface area contributed by atoms with Gasteiger partial charge in [-0.3, -0.25) is 4.68 Å². The highest BCUT2D eigenvalue weighted by atomic mass is 79.9. The van der Waals surface area contributed by atoms with Gasteiger partial charge < -0.3 is 0 Å². The molecule has 0 spiro atoms. The molecule has 0 saturated heterocycles. The molecule has 1 heterocycles. The van der Waals surface area contributed by atoms with Gasteiger partial charge in [0.25, 0.3) is 0 Å². The zero-order valence-electron chi connectivity index (χ0n) is 12.2. The molecular weight excluding hydrogens is 371 g/mol. The molecule has 0 N–H and O–H groups in total. The molecule has 114 valence electrons. The zero-order valence-corrected chi connectivity index (χ0v) is 15.3. The highest BCUT2D eigenvalue weighted by molar-refractivity contribution is 9.10. The molecule has 1 aromatic heterocycles. The van der Waals surface area contributed by atoms with Crippen LogP contribution in [0.2, 0.25) is 5.02 Å². The van der Waals surface area contributed by atoms with Crippen molar-refractivity contribution in [2.24, 2.45) is 5.92 Å². The molecule has 2 rings (SSSR count). The lowest BCUT2D eigenvalue weighted by Gasteiger charge is -2.15. The number of benzene rings is 1. The molecule has 0 fully saturated rings. The first-order valence-corrected chi connectivity index (χ1v) is 8.77. The maximum Gasteiger partial charge on any atom is 0.0738 e. The number of hydrogen-bond donors (Lipinski definition) is 0. The lowest BCUT2D eigenvalue weighted by atomic mass is 9.96. The van der Waals surface area contributed by atoms with Gasteiger partial charge in [-0.1, -0.05) is 23.7 Å². The van der Waals surface area contributed by atoms with Crippen molar-refractivity contribution in [3.05, 3.63) is 50.7 Å². The van der Waals surface area contributed by atoms with Crippen LogP contribution in [-0.2, 0) is 19.4 Å². The van der Waals surface area contributed by atoms with E-state index in [2.05, 4.69) is 44.8 Å². The van der Waals surface area contributed by atoms with E-state index >= 15 is 0 Å². The summed E-state index contributed by atoms with van der Waals surface area (Å²) in [4.78, 5) is 0. The van der Waals surface area contributed by atoms with E-state index < -0.39 is 0 Å². The van der Waals surface area contributed by atoms with Gasteiger partial charge in [0.15, 0.2) is 0 Å². The summed E-state index contributed by atoms with van der Waals surface area (Å²) >= 11 is 15.8. The standard InChI is InChI=1S/C16H19BrCl2N2/c1-3-21-15(16(17)11(2)20-21)9-13(10-18)8-12-4-6-14(19)7-5-12/h4-7,13H,3,8-10H2,1-2H3. The predicted molar refractivity (Wildman–Crippen MR) is 93.4 cm³/mol. The van der Waals surface area contributed by atoms with E-state index in [1.54, 1.807) is 0 Å². The first-order valence-electron chi connectivity index (χ1n) is 7.07. The summed E-state index contributed by atoms with van der Waals surface area (Å²) in [5.74, 6) is 1.01. The second-order valence-electron chi connectivity index (χ2n) is 5.22. The molecule has 1 atom stereocenters. The molecule has 1 unspecified atom stereocenters. The summed E-state index contributed by atoms with van der Waals surface area (Å²) in [7, 11) is 0. The van der Waals surface area contributed by atoms with Gasteiger partial charge in [0.1, 0.15) is 0 Å². The van der Waals surface area contributed by atoms with Gasteiger partial charge in [0, 0.05) is 17.4 Å². The first-order chi connectivity index (χ1) is 10.0. The third kappa shape index (κ3) is 4.24. The minimum Gasteiger partial charge on any atom is -0.268 e. The molecule has 2 nitrogen and oxygen atoms in total. The molecule has 0 saturated carbocycles. The lowest BCUT2D eigenvalue weighted by Crippen LogP contribution is -2.14. The SMILES string of the molecule is CCn1nc(C)c(Br)c1CC(CCl)Cc1ccc(Cl)cc1. The summed E-state index contributed by atoms with van der Waals surface area (Å²) in [6.07, 6.45) is 1.86. The molecule has 0 amide bonds. The molecule has 1 aromatic carbocycles. The zero-order chi connectivity index (χ0) is 15.4. The lowest BCUT2D eigenvalue weighted by molar-refractivity contribution is 0.530. The molecule has 0 aliphatic carbocycles. The monoisotopic (exact) mass is 388 g/mol. The van der Waals surface area contributed by atoms with Crippen molar-refractivity contribution in [2.75, 3.05) is 5.88 Å². The van der Waals surface area contributed by atoms with Gasteiger partial charge in [0.2, 0.25) is 0 Å². The third-order valence-corrected chi connectivity index (χ3v) is 5.31. The van der Waals surface area contributed by atoms with E-state index in [-0.39, 0.29) is 0 Å². The molecule has 0 aliphatic heterocycles. The van der Waals surface area contributed by atoms with Crippen LogP contribution in [0.25, 0.3) is 0 Å². The van der Waals surface area contributed by atoms with Crippen LogP contribution < -0.4 is 0 Å². The van der Waals surface area contributed by atoms with Gasteiger partial charge >= 0.3 is 0 Å². The number of hydrogen-bond acceptors (Lipinski definition) is 1. The van der Waals surface area contributed by atoms with Crippen LogP contribution in [0.5, 0.6) is 0 Å². The Hall–Kier alpha value is -0.510. The van der Waals surface area contributed by atoms with Gasteiger partial charge in [0.05, 0.1) is 15.9 Å². The summed E-state index contributed by atoms with van der Waals surface area (Å²) in [5, 5.41) is 5.31. The normalized spacial score (nSPS) is 12.6. The molecule has 2 aromatic rings. The van der Waals surface area contributed by atoms with E-state index in [9.17, 15) is 0 Å². The van der Waals surface area contributed by atoms with E-state index in [0.717, 1.165) is 34.6 Å². The molecule has 0 bridgehead atoms. The fourth-order valence-corrected chi connectivity index (χ4v) is 3.26. The van der Waals surface area contributed by atoms with Crippen molar-refractivity contribution in [3.63, 3.8) is 0 Å². The van der Waals surface area contributed by atoms with Crippen molar-refractivity contribution < 1.29 is 0 Å². The van der Waals surface area contributed by atoms with E-state index in [4.69, 9.17) is 23.2 Å². The maximum atomic E-state index is 6.18. The Morgan fingerprint density at radius 1 is 1.24 bits per heavy atom. The summed E-state index contributed by atoms with van der Waals surface area (Å²) in [5.41, 5.74) is 3.53. The summed E-state index contributed by atoms with van der Waals surface area (Å²) < 4.78 is 3.16. The number of aromatic nitrogens is 2. The Bertz CT molecular complexity index is 593. The molecule has 0 aliphatic rings. The Morgan fingerprint density at radius 2 is 1.90 bits per heavy atom. The van der Waals surface area contributed by atoms with Crippen LogP contribution in [-0.4, -0.2) is 15.7 Å². The fourth-order valence-electron chi connectivity index (χ4n) is 2.47. The highest BCUT2D eigenvalue weighted by Gasteiger charge is 2.17. The number of rotatable bonds is 6. The van der Waals surface area contributed by atoms with Crippen molar-refractivity contribution in [1.82, 2.24) is 9.78 Å². The molecule has 5 heteroatoms. The third-order valence-electron chi connectivity index (χ3n) is 3.59. The van der Waals surface area contributed by atoms with Crippen LogP contribution in [0.4, 0.5) is 0 Å². The predicted octanol–water partition coefficient (Wildman–Crippen LogP) is 5.27. The van der Waals surface area contributed by atoms with Gasteiger partial charge in [-0.2, -0.15) is 5.10 Å². The minimum atomic E-state index is 0.380. The quantitative estimate of drug-likeness (QED) is 0.615. The van der Waals surface area contributed by atoms with Crippen LogP contribution in [0.15, 0.2) is 28.7 Å². The average Bonchev–Trinajstić information content (AvgIpc) is 2.76. The van der Waals surface area contributed by atoms with Crippen molar-refractivity contribution >= 4 is 39.1 Å². The first kappa shape index (κ1) is 16.9. The molecule has 0 radical (unpaired) electrons. The Kier molecular flexibility index (Phi) is 6.15. The van der Waals surface area contributed by atoms with Gasteiger partial charge in [-0.15, -0.1) is 11.6 Å². The number of nitrogens with zero attached hydrogens (tertiary/aromatic N) is 2. The number of aryl methyl sites for hydroxylation is 2. The second kappa shape index (κ2) is 7.66. The minimum absolute atomic E-state index is 0.380. The molecular formula is C16H19BrCl2N2. The van der Waals surface area contributed by atoms with Gasteiger partial charge in [-0.05, 0) is 66.2 Å². The van der Waals surface area contributed by atoms with Crippen LogP contribution in [0.3, 0.4) is 0 Å². The Morgan fingerprint density at radius 3 is 2.48 bits per heavy atom. The Labute approximate surface area is 144 Å². The largest absolute Gasteiger partial charge is 0.268 e. The average molecular weight is 390 g/mol. The van der Waals surface area contributed by atoms with Crippen molar-refractivity contribution in [1.29, 1.82) is 0 Å². The van der Waals surface area contributed by atoms with E-state index in [1.807, 2.05) is 19.1 Å². The number of halogens is 3. The summed E-state index contributed by atoms with van der Waals surface area (Å²) in [6, 6.07) is 8.00. The van der Waals surface area contributed by atoms with E-state index in [1.165, 1.54) is 11.3 Å². The van der Waals surface area contributed by atoms with Crippen molar-refractivity contribution in [3.8, 4) is 0 Å². The summed E-state index contributed by atoms with van der Waals surface area (Å²) in [6.45, 7) is 5.00.